The second kappa shape index (κ2) is 9.45. The summed E-state index contributed by atoms with van der Waals surface area (Å²) in [5.74, 6) is 0.534. The average molecular weight is 517 g/mol. The van der Waals surface area contributed by atoms with Gasteiger partial charge in [0.2, 0.25) is 0 Å². The third kappa shape index (κ3) is 5.39. The van der Waals surface area contributed by atoms with E-state index in [2.05, 4.69) is 9.44 Å². The van der Waals surface area contributed by atoms with Gasteiger partial charge in [0.1, 0.15) is 16.4 Å². The normalized spacial score (nSPS) is 11.6. The molecule has 0 aliphatic heterocycles. The predicted octanol–water partition coefficient (Wildman–Crippen LogP) is 4.61. The fraction of sp³-hybridized carbons (Fsp3) is 0.100. The van der Waals surface area contributed by atoms with Gasteiger partial charge in [0.25, 0.3) is 20.0 Å². The van der Waals surface area contributed by atoms with Crippen LogP contribution in [0.1, 0.15) is 0 Å². The first kappa shape index (κ1) is 24.0. The minimum absolute atomic E-state index is 0.0754. The van der Waals surface area contributed by atoms with Crippen LogP contribution >= 0.6 is 23.2 Å². The fourth-order valence-corrected chi connectivity index (χ4v) is 5.24. The molecule has 0 aromatic heterocycles. The van der Waals surface area contributed by atoms with Crippen LogP contribution in [0.3, 0.4) is 0 Å². The Bertz CT molecular complexity index is 1350. The van der Waals surface area contributed by atoms with Crippen molar-refractivity contribution in [2.75, 3.05) is 23.7 Å². The van der Waals surface area contributed by atoms with E-state index in [0.29, 0.717) is 10.8 Å². The highest BCUT2D eigenvalue weighted by atomic mass is 35.5. The Kier molecular flexibility index (Phi) is 7.09. The van der Waals surface area contributed by atoms with E-state index in [-0.39, 0.29) is 31.9 Å². The van der Waals surface area contributed by atoms with Gasteiger partial charge in [0.15, 0.2) is 0 Å². The first-order chi connectivity index (χ1) is 15.1. The van der Waals surface area contributed by atoms with Crippen LogP contribution < -0.4 is 18.9 Å². The van der Waals surface area contributed by atoms with Crippen LogP contribution in [-0.4, -0.2) is 31.1 Å². The Morgan fingerprint density at radius 2 is 1.31 bits per heavy atom. The summed E-state index contributed by atoms with van der Waals surface area (Å²) in [6, 6.07) is 13.8. The highest BCUT2D eigenvalue weighted by Gasteiger charge is 2.21. The molecule has 0 bridgehead atoms. The summed E-state index contributed by atoms with van der Waals surface area (Å²) in [5.41, 5.74) is 0.395. The molecule has 170 valence electrons. The van der Waals surface area contributed by atoms with E-state index in [1.165, 1.54) is 74.9 Å². The summed E-state index contributed by atoms with van der Waals surface area (Å²) >= 11 is 11.8. The van der Waals surface area contributed by atoms with Gasteiger partial charge in [-0.3, -0.25) is 9.44 Å². The van der Waals surface area contributed by atoms with Crippen LogP contribution in [0.5, 0.6) is 11.5 Å². The molecule has 2 N–H and O–H groups in total. The van der Waals surface area contributed by atoms with Crippen molar-refractivity contribution in [3.8, 4) is 11.5 Å². The number of methoxy groups -OCH3 is 2. The van der Waals surface area contributed by atoms with E-state index in [0.717, 1.165) is 0 Å². The summed E-state index contributed by atoms with van der Waals surface area (Å²) in [5, 5.41) is 0.491. The van der Waals surface area contributed by atoms with Crippen LogP contribution in [0.25, 0.3) is 0 Å². The van der Waals surface area contributed by atoms with Gasteiger partial charge in [-0.25, -0.2) is 16.8 Å². The van der Waals surface area contributed by atoms with E-state index >= 15 is 0 Å². The lowest BCUT2D eigenvalue weighted by Gasteiger charge is -2.13. The molecular formula is C20H18Cl2N2O6S2. The first-order valence-electron chi connectivity index (χ1n) is 8.88. The molecule has 0 spiro atoms. The van der Waals surface area contributed by atoms with Crippen molar-refractivity contribution < 1.29 is 26.3 Å². The molecule has 32 heavy (non-hydrogen) atoms. The Morgan fingerprint density at radius 1 is 0.688 bits per heavy atom. The molecule has 3 aromatic carbocycles. The second-order valence-electron chi connectivity index (χ2n) is 6.38. The van der Waals surface area contributed by atoms with Crippen molar-refractivity contribution >= 4 is 54.6 Å². The molecular weight excluding hydrogens is 499 g/mol. The number of hydrogen-bond donors (Lipinski definition) is 2. The highest BCUT2D eigenvalue weighted by Crippen LogP contribution is 2.30. The summed E-state index contributed by atoms with van der Waals surface area (Å²) in [4.78, 5) is -0.174. The molecule has 0 radical (unpaired) electrons. The Balaban J connectivity index is 1.81. The number of ether oxygens (including phenoxy) is 2. The van der Waals surface area contributed by atoms with Crippen LogP contribution in [0.4, 0.5) is 11.4 Å². The zero-order valence-electron chi connectivity index (χ0n) is 16.8. The van der Waals surface area contributed by atoms with Crippen molar-refractivity contribution in [3.05, 3.63) is 70.7 Å². The minimum Gasteiger partial charge on any atom is -0.497 e. The molecule has 0 saturated carbocycles. The molecule has 0 heterocycles. The van der Waals surface area contributed by atoms with Crippen LogP contribution in [-0.2, 0) is 20.0 Å². The monoisotopic (exact) mass is 516 g/mol. The van der Waals surface area contributed by atoms with Crippen molar-refractivity contribution in [1.29, 1.82) is 0 Å². The smallest absolute Gasteiger partial charge is 0.265 e. The van der Waals surface area contributed by atoms with E-state index in [9.17, 15) is 16.8 Å². The van der Waals surface area contributed by atoms with Crippen molar-refractivity contribution in [3.63, 3.8) is 0 Å². The van der Waals surface area contributed by atoms with Gasteiger partial charge in [-0.2, -0.15) is 0 Å². The lowest BCUT2D eigenvalue weighted by Crippen LogP contribution is -2.15. The predicted molar refractivity (Wildman–Crippen MR) is 124 cm³/mol. The number of hydrogen-bond acceptors (Lipinski definition) is 6. The Morgan fingerprint density at radius 3 is 1.91 bits per heavy atom. The van der Waals surface area contributed by atoms with E-state index in [4.69, 9.17) is 32.7 Å². The number of benzene rings is 3. The van der Waals surface area contributed by atoms with Gasteiger partial charge >= 0.3 is 0 Å². The van der Waals surface area contributed by atoms with Crippen LogP contribution in [0, 0.1) is 0 Å². The molecule has 12 heteroatoms. The number of nitrogens with one attached hydrogen (secondary N) is 2. The maximum Gasteiger partial charge on any atom is 0.265 e. The maximum atomic E-state index is 12.8. The lowest BCUT2D eigenvalue weighted by atomic mass is 10.3. The van der Waals surface area contributed by atoms with Gasteiger partial charge in [0, 0.05) is 11.8 Å². The second-order valence-corrected chi connectivity index (χ2v) is 10.5. The van der Waals surface area contributed by atoms with Gasteiger partial charge in [-0.1, -0.05) is 23.2 Å². The van der Waals surface area contributed by atoms with Crippen molar-refractivity contribution in [2.45, 2.75) is 9.79 Å². The topological polar surface area (TPSA) is 111 Å². The number of anilines is 2. The van der Waals surface area contributed by atoms with Crippen LogP contribution in [0.15, 0.2) is 70.5 Å². The van der Waals surface area contributed by atoms with E-state index in [1.807, 2.05) is 0 Å². The van der Waals surface area contributed by atoms with Crippen LogP contribution in [0.2, 0.25) is 10.0 Å². The SMILES string of the molecule is COc1ccc(S(=O)(=O)Nc2ccc(S(=O)(=O)Nc3ccc(Cl)c(Cl)c3)cc2)c(OC)c1. The molecule has 3 rings (SSSR count). The summed E-state index contributed by atoms with van der Waals surface area (Å²) in [6.45, 7) is 0. The molecule has 3 aromatic rings. The van der Waals surface area contributed by atoms with E-state index in [1.54, 1.807) is 0 Å². The van der Waals surface area contributed by atoms with E-state index < -0.39 is 20.0 Å². The molecule has 0 aliphatic carbocycles. The highest BCUT2D eigenvalue weighted by molar-refractivity contribution is 7.93. The molecule has 0 saturated heterocycles. The van der Waals surface area contributed by atoms with Gasteiger partial charge in [-0.05, 0) is 54.6 Å². The zero-order chi connectivity index (χ0) is 23.5. The number of sulfonamides is 2. The van der Waals surface area contributed by atoms with Gasteiger partial charge < -0.3 is 9.47 Å². The summed E-state index contributed by atoms with van der Waals surface area (Å²) in [7, 11) is -5.15. The molecule has 0 unspecified atom stereocenters. The van der Waals surface area contributed by atoms with Gasteiger partial charge in [-0.15, -0.1) is 0 Å². The lowest BCUT2D eigenvalue weighted by molar-refractivity contribution is 0.386. The molecule has 0 aliphatic rings. The molecule has 0 atom stereocenters. The van der Waals surface area contributed by atoms with Crippen molar-refractivity contribution in [1.82, 2.24) is 0 Å². The largest absolute Gasteiger partial charge is 0.497 e. The average Bonchev–Trinajstić information content (AvgIpc) is 2.75. The minimum atomic E-state index is -4.01. The number of rotatable bonds is 8. The summed E-state index contributed by atoms with van der Waals surface area (Å²) in [6.07, 6.45) is 0. The standard InChI is InChI=1S/C20H18Cl2N2O6S2/c1-29-15-6-10-20(19(12-15)30-2)32(27,28)23-13-3-7-16(8-4-13)31(25,26)24-14-5-9-17(21)18(22)11-14/h3-12,23-24H,1-2H3. The first-order valence-corrected chi connectivity index (χ1v) is 12.6. The third-order valence-electron chi connectivity index (χ3n) is 4.25. The fourth-order valence-electron chi connectivity index (χ4n) is 2.68. The molecule has 0 amide bonds. The quantitative estimate of drug-likeness (QED) is 0.452. The number of halogens is 2. The molecule has 0 fully saturated rings. The molecule has 8 nitrogen and oxygen atoms in total. The maximum absolute atomic E-state index is 12.8. The Labute approximate surface area is 196 Å². The summed E-state index contributed by atoms with van der Waals surface area (Å²) < 4.78 is 65.8. The zero-order valence-corrected chi connectivity index (χ0v) is 19.9. The Hall–Kier alpha value is -2.66. The van der Waals surface area contributed by atoms with Gasteiger partial charge in [0.05, 0.1) is 34.8 Å². The van der Waals surface area contributed by atoms with Crippen molar-refractivity contribution in [2.24, 2.45) is 0 Å². The third-order valence-corrected chi connectivity index (χ3v) is 7.81.